The minimum atomic E-state index is -3.45. The Balaban J connectivity index is 2.88. The normalized spacial score (nSPS) is 14.0. The molecule has 0 aromatic heterocycles. The van der Waals surface area contributed by atoms with E-state index in [0.717, 1.165) is 0 Å². The van der Waals surface area contributed by atoms with Crippen molar-refractivity contribution in [1.82, 2.24) is 4.72 Å². The first-order chi connectivity index (χ1) is 7.47. The molecule has 1 aromatic rings. The lowest BCUT2D eigenvalue weighted by molar-refractivity contribution is 0.480. The van der Waals surface area contributed by atoms with E-state index in [4.69, 9.17) is 11.6 Å². The average Bonchev–Trinajstić information content (AvgIpc) is 2.27. The first-order valence-corrected chi connectivity index (χ1v) is 7.12. The summed E-state index contributed by atoms with van der Waals surface area (Å²) >= 11 is 5.73. The monoisotopic (exact) mass is 261 g/mol. The van der Waals surface area contributed by atoms with Gasteiger partial charge in [0.2, 0.25) is 10.0 Å². The van der Waals surface area contributed by atoms with E-state index in [-0.39, 0.29) is 22.7 Å². The van der Waals surface area contributed by atoms with Crippen molar-refractivity contribution in [3.05, 3.63) is 30.3 Å². The summed E-state index contributed by atoms with van der Waals surface area (Å²) in [6.45, 7) is 3.86. The molecule has 0 heterocycles. The van der Waals surface area contributed by atoms with Crippen molar-refractivity contribution < 1.29 is 8.42 Å². The maximum Gasteiger partial charge on any atom is 0.240 e. The van der Waals surface area contributed by atoms with E-state index in [1.54, 1.807) is 30.3 Å². The van der Waals surface area contributed by atoms with Crippen LogP contribution in [-0.2, 0) is 10.0 Å². The number of halogens is 1. The third-order valence-corrected chi connectivity index (χ3v) is 4.17. The van der Waals surface area contributed by atoms with E-state index >= 15 is 0 Å². The van der Waals surface area contributed by atoms with Gasteiger partial charge in [-0.2, -0.15) is 0 Å². The lowest BCUT2D eigenvalue weighted by atomic mass is 10.1. The highest BCUT2D eigenvalue weighted by molar-refractivity contribution is 7.89. The Labute approximate surface area is 102 Å². The topological polar surface area (TPSA) is 46.2 Å². The van der Waals surface area contributed by atoms with Gasteiger partial charge in [-0.25, -0.2) is 13.1 Å². The third kappa shape index (κ3) is 3.47. The number of alkyl halides is 1. The van der Waals surface area contributed by atoms with Gasteiger partial charge in [0.25, 0.3) is 0 Å². The van der Waals surface area contributed by atoms with Gasteiger partial charge in [0, 0.05) is 11.9 Å². The molecule has 1 aromatic carbocycles. The fourth-order valence-corrected chi connectivity index (χ4v) is 3.14. The lowest BCUT2D eigenvalue weighted by Gasteiger charge is -2.19. The summed E-state index contributed by atoms with van der Waals surface area (Å²) < 4.78 is 26.5. The molecule has 1 unspecified atom stereocenters. The zero-order valence-electron chi connectivity index (χ0n) is 9.35. The number of hydrogen-bond acceptors (Lipinski definition) is 2. The van der Waals surface area contributed by atoms with Crippen LogP contribution in [0.3, 0.4) is 0 Å². The van der Waals surface area contributed by atoms with Gasteiger partial charge in [0.1, 0.15) is 0 Å². The van der Waals surface area contributed by atoms with E-state index in [0.29, 0.717) is 0 Å². The number of sulfonamides is 1. The van der Waals surface area contributed by atoms with Crippen molar-refractivity contribution in [3.8, 4) is 0 Å². The average molecular weight is 262 g/mol. The van der Waals surface area contributed by atoms with Gasteiger partial charge in [-0.15, -0.1) is 11.6 Å². The van der Waals surface area contributed by atoms with E-state index in [9.17, 15) is 8.42 Å². The Kier molecular flexibility index (Phi) is 4.77. The quantitative estimate of drug-likeness (QED) is 0.827. The smallest absolute Gasteiger partial charge is 0.207 e. The van der Waals surface area contributed by atoms with Crippen LogP contribution in [0, 0.1) is 5.92 Å². The molecule has 16 heavy (non-hydrogen) atoms. The second-order valence-electron chi connectivity index (χ2n) is 3.94. The molecule has 0 radical (unpaired) electrons. The van der Waals surface area contributed by atoms with Crippen molar-refractivity contribution in [2.24, 2.45) is 5.92 Å². The first kappa shape index (κ1) is 13.5. The van der Waals surface area contributed by atoms with Crippen LogP contribution in [0.1, 0.15) is 13.8 Å². The molecule has 0 aliphatic carbocycles. The molecular formula is C11H16ClNO2S. The minimum Gasteiger partial charge on any atom is -0.207 e. The molecule has 0 saturated carbocycles. The second-order valence-corrected chi connectivity index (χ2v) is 5.96. The zero-order chi connectivity index (χ0) is 12.2. The van der Waals surface area contributed by atoms with Crippen molar-refractivity contribution in [2.45, 2.75) is 24.8 Å². The van der Waals surface area contributed by atoms with Crippen LogP contribution in [0.25, 0.3) is 0 Å². The highest BCUT2D eigenvalue weighted by atomic mass is 35.5. The fourth-order valence-electron chi connectivity index (χ4n) is 1.21. The van der Waals surface area contributed by atoms with Crippen molar-refractivity contribution in [1.29, 1.82) is 0 Å². The molecule has 0 aliphatic rings. The molecule has 0 bridgehead atoms. The maximum atomic E-state index is 11.9. The Morgan fingerprint density at radius 3 is 2.25 bits per heavy atom. The highest BCUT2D eigenvalue weighted by Crippen LogP contribution is 2.11. The molecule has 0 spiro atoms. The van der Waals surface area contributed by atoms with Crippen LogP contribution in [0.4, 0.5) is 0 Å². The second kappa shape index (κ2) is 5.66. The molecule has 1 N–H and O–H groups in total. The largest absolute Gasteiger partial charge is 0.240 e. The summed E-state index contributed by atoms with van der Waals surface area (Å²) in [5, 5.41) is 0. The molecule has 1 rings (SSSR count). The first-order valence-electron chi connectivity index (χ1n) is 5.10. The highest BCUT2D eigenvalue weighted by Gasteiger charge is 2.21. The fraction of sp³-hybridized carbons (Fsp3) is 0.455. The number of benzene rings is 1. The van der Waals surface area contributed by atoms with Crippen LogP contribution < -0.4 is 4.72 Å². The van der Waals surface area contributed by atoms with Crippen molar-refractivity contribution in [2.75, 3.05) is 5.88 Å². The lowest BCUT2D eigenvalue weighted by Crippen LogP contribution is -2.39. The Morgan fingerprint density at radius 1 is 1.25 bits per heavy atom. The summed E-state index contributed by atoms with van der Waals surface area (Å²) in [5.74, 6) is 0.431. The number of hydrogen-bond donors (Lipinski definition) is 1. The van der Waals surface area contributed by atoms with E-state index in [2.05, 4.69) is 4.72 Å². The molecule has 0 amide bonds. The van der Waals surface area contributed by atoms with Crippen LogP contribution in [0.5, 0.6) is 0 Å². The van der Waals surface area contributed by atoms with Gasteiger partial charge in [-0.05, 0) is 18.1 Å². The standard InChI is InChI=1S/C11H16ClNO2S/c1-9(2)11(8-12)13-16(14,15)10-6-4-3-5-7-10/h3-7,9,11,13H,8H2,1-2H3. The molecule has 0 fully saturated rings. The van der Waals surface area contributed by atoms with Crippen LogP contribution in [0.15, 0.2) is 35.2 Å². The van der Waals surface area contributed by atoms with Crippen molar-refractivity contribution >= 4 is 21.6 Å². The Hall–Kier alpha value is -0.580. The molecule has 0 aliphatic heterocycles. The van der Waals surface area contributed by atoms with E-state index < -0.39 is 10.0 Å². The summed E-state index contributed by atoms with van der Waals surface area (Å²) in [6, 6.07) is 8.05. The van der Waals surface area contributed by atoms with Gasteiger partial charge >= 0.3 is 0 Å². The van der Waals surface area contributed by atoms with Gasteiger partial charge < -0.3 is 0 Å². The molecular weight excluding hydrogens is 246 g/mol. The van der Waals surface area contributed by atoms with Gasteiger partial charge in [0.15, 0.2) is 0 Å². The Morgan fingerprint density at radius 2 is 1.81 bits per heavy atom. The van der Waals surface area contributed by atoms with Gasteiger partial charge in [-0.1, -0.05) is 32.0 Å². The molecule has 0 saturated heterocycles. The molecule has 5 heteroatoms. The third-order valence-electron chi connectivity index (χ3n) is 2.33. The van der Waals surface area contributed by atoms with Crippen LogP contribution >= 0.6 is 11.6 Å². The van der Waals surface area contributed by atoms with Crippen molar-refractivity contribution in [3.63, 3.8) is 0 Å². The SMILES string of the molecule is CC(C)C(CCl)NS(=O)(=O)c1ccccc1. The number of rotatable bonds is 5. The predicted octanol–water partition coefficient (Wildman–Crippen LogP) is 2.23. The zero-order valence-corrected chi connectivity index (χ0v) is 10.9. The van der Waals surface area contributed by atoms with E-state index in [1.165, 1.54) is 0 Å². The Bertz CT molecular complexity index is 417. The molecule has 90 valence electrons. The predicted molar refractivity (Wildman–Crippen MR) is 66.1 cm³/mol. The summed E-state index contributed by atoms with van der Waals surface area (Å²) in [6.07, 6.45) is 0. The molecule has 3 nitrogen and oxygen atoms in total. The summed E-state index contributed by atoms with van der Waals surface area (Å²) in [5.41, 5.74) is 0. The van der Waals surface area contributed by atoms with Crippen LogP contribution in [0.2, 0.25) is 0 Å². The summed E-state index contributed by atoms with van der Waals surface area (Å²) in [7, 11) is -3.45. The van der Waals surface area contributed by atoms with Gasteiger partial charge in [0.05, 0.1) is 4.90 Å². The summed E-state index contributed by atoms with van der Waals surface area (Å²) in [4.78, 5) is 0.269. The van der Waals surface area contributed by atoms with E-state index in [1.807, 2.05) is 13.8 Å². The number of nitrogens with one attached hydrogen (secondary N) is 1. The maximum absolute atomic E-state index is 11.9. The van der Waals surface area contributed by atoms with Gasteiger partial charge in [-0.3, -0.25) is 0 Å². The molecule has 1 atom stereocenters. The van der Waals surface area contributed by atoms with Crippen LogP contribution in [-0.4, -0.2) is 20.3 Å². The minimum absolute atomic E-state index is 0.163.